The van der Waals surface area contributed by atoms with Crippen molar-refractivity contribution in [1.82, 2.24) is 36.4 Å². The number of phenols is 1. The normalized spacial score (nSPS) is 28.8. The molecule has 24 nitrogen and oxygen atoms in total. The number of nitrogens with one attached hydrogen (secondary N) is 5. The van der Waals surface area contributed by atoms with Crippen molar-refractivity contribution in [1.29, 1.82) is 0 Å². The van der Waals surface area contributed by atoms with Crippen LogP contribution >= 0.6 is 0 Å². The molecule has 3 heterocycles. The lowest BCUT2D eigenvalue weighted by Crippen LogP contribution is -2.64. The van der Waals surface area contributed by atoms with Crippen molar-refractivity contribution in [3.63, 3.8) is 0 Å². The van der Waals surface area contributed by atoms with E-state index in [0.717, 1.165) is 65.5 Å². The number of hydrogen-bond donors (Lipinski definition) is 14. The Labute approximate surface area is 438 Å². The molecule has 0 radical (unpaired) electrons. The summed E-state index contributed by atoms with van der Waals surface area (Å²) in [6, 6.07) is 6.92. The van der Waals surface area contributed by atoms with Crippen LogP contribution in [-0.4, -0.2) is 196 Å². The minimum absolute atomic E-state index is 0.0292. The molecular formula is C52H69N7O17. The summed E-state index contributed by atoms with van der Waals surface area (Å²) in [5.74, 6) is -8.68. The first-order valence-corrected chi connectivity index (χ1v) is 25.2. The van der Waals surface area contributed by atoms with Crippen LogP contribution in [0.2, 0.25) is 0 Å². The summed E-state index contributed by atoms with van der Waals surface area (Å²) in [6.45, 7) is 5.37. The smallest absolute Gasteiger partial charge is 0.251 e. The monoisotopic (exact) mass is 1060 g/mol. The van der Waals surface area contributed by atoms with Crippen LogP contribution in [0.25, 0.3) is 0 Å². The molecule has 0 aromatic heterocycles. The number of hydrogen-bond acceptors (Lipinski definition) is 17. The van der Waals surface area contributed by atoms with Gasteiger partial charge in [0.25, 0.3) is 5.91 Å². The van der Waals surface area contributed by atoms with Crippen LogP contribution in [0.3, 0.4) is 0 Å². The van der Waals surface area contributed by atoms with Crippen molar-refractivity contribution < 1.29 is 84.3 Å². The molecule has 14 N–H and O–H groups in total. The molecule has 7 amide bonds. The second-order valence-electron chi connectivity index (χ2n) is 19.8. The number of carbonyl (C=O) groups excluding carboxylic acids is 7. The number of carbonyl (C=O) groups is 7. The summed E-state index contributed by atoms with van der Waals surface area (Å²) in [5.41, 5.74) is 1.71. The third-order valence-corrected chi connectivity index (χ3v) is 13.8. The number of phenolic OH excluding ortho intramolecular Hbond substituents is 1. The van der Waals surface area contributed by atoms with E-state index in [1.807, 2.05) is 24.3 Å². The number of aliphatic hydroxyl groups excluding tert-OH is 8. The van der Waals surface area contributed by atoms with Crippen LogP contribution in [0.4, 0.5) is 0 Å². The van der Waals surface area contributed by atoms with E-state index in [1.54, 1.807) is 12.1 Å². The number of amides is 7. The average Bonchev–Trinajstić information content (AvgIpc) is 3.93. The third-order valence-electron chi connectivity index (χ3n) is 13.8. The lowest BCUT2D eigenvalue weighted by molar-refractivity contribution is -0.148. The van der Waals surface area contributed by atoms with Crippen molar-refractivity contribution in [3.05, 3.63) is 95.1 Å². The first-order valence-electron chi connectivity index (χ1n) is 25.2. The quantitative estimate of drug-likeness (QED) is 0.0756. The van der Waals surface area contributed by atoms with Gasteiger partial charge in [-0.2, -0.15) is 0 Å². The van der Waals surface area contributed by atoms with E-state index in [4.69, 9.17) is 4.74 Å². The van der Waals surface area contributed by atoms with Gasteiger partial charge < -0.3 is 87.1 Å². The molecule has 3 aliphatic rings. The number of fused-ring (bicyclic) bond motifs is 2. The number of aliphatic hydroxyl groups is 8. The van der Waals surface area contributed by atoms with Gasteiger partial charge >= 0.3 is 0 Å². The maximum atomic E-state index is 14.4. The van der Waals surface area contributed by atoms with Gasteiger partial charge in [0.05, 0.1) is 31.0 Å². The van der Waals surface area contributed by atoms with Gasteiger partial charge in [0.1, 0.15) is 66.1 Å². The Balaban J connectivity index is 1.33. The van der Waals surface area contributed by atoms with Gasteiger partial charge in [-0.25, -0.2) is 0 Å². The van der Waals surface area contributed by atoms with Crippen LogP contribution < -0.4 is 31.3 Å². The van der Waals surface area contributed by atoms with Gasteiger partial charge in [-0.3, -0.25) is 33.6 Å². The molecule has 3 fully saturated rings. The lowest BCUT2D eigenvalue weighted by Gasteiger charge is -2.34. The summed E-state index contributed by atoms with van der Waals surface area (Å²) < 4.78 is 5.74. The van der Waals surface area contributed by atoms with Crippen LogP contribution in [0, 0.1) is 5.92 Å². The fourth-order valence-electron chi connectivity index (χ4n) is 9.31. The zero-order valence-electron chi connectivity index (χ0n) is 42.4. The summed E-state index contributed by atoms with van der Waals surface area (Å²) in [6.07, 6.45) is -14.3. The van der Waals surface area contributed by atoms with Crippen molar-refractivity contribution in [2.75, 3.05) is 19.7 Å². The summed E-state index contributed by atoms with van der Waals surface area (Å²) in [5, 5.41) is 111. The Morgan fingerprint density at radius 3 is 1.86 bits per heavy atom. The molecule has 6 rings (SSSR count). The molecule has 3 aromatic rings. The predicted octanol–water partition coefficient (Wildman–Crippen LogP) is -3.06. The highest BCUT2D eigenvalue weighted by Crippen LogP contribution is 2.28. The number of unbranched alkanes of at least 4 members (excludes halogenated alkanes) is 1. The highest BCUT2D eigenvalue weighted by atomic mass is 16.5. The van der Waals surface area contributed by atoms with Gasteiger partial charge in [-0.15, -0.1) is 0 Å². The highest BCUT2D eigenvalue weighted by Gasteiger charge is 2.50. The number of nitrogens with zero attached hydrogens (tertiary/aromatic N) is 2. The van der Waals surface area contributed by atoms with Crippen LogP contribution in [0.1, 0.15) is 86.5 Å². The Kier molecular flexibility index (Phi) is 19.9. The number of rotatable bonds is 13. The van der Waals surface area contributed by atoms with Gasteiger partial charge in [-0.05, 0) is 79.8 Å². The SMILES string of the molecule is CCCCOc1ccc(Cc2ccc(C(=O)N[C@H]3C[C@@H](O)[C@@H](O)NC(=O)[C@@H]4[C@@H](O)[C@@H](C)CN4C(=O)[C@H]([C@@H](C)O)NC(=O)[C@H]([C@H](O)[C@@H](O)c4ccc(O)cc4)NC(=O)[C@@H]4C[C@@H](O)CN4C(=O)[C@H]([C@@H](C)O)NC3=O)cc2)cc1. The number of benzene rings is 3. The molecule has 3 aliphatic heterocycles. The lowest BCUT2D eigenvalue weighted by atomic mass is 9.96. The topological polar surface area (TPSA) is 377 Å². The van der Waals surface area contributed by atoms with Gasteiger partial charge in [-0.1, -0.05) is 56.7 Å². The van der Waals surface area contributed by atoms with E-state index >= 15 is 0 Å². The highest BCUT2D eigenvalue weighted by molar-refractivity contribution is 6.00. The molecule has 76 heavy (non-hydrogen) atoms. The third kappa shape index (κ3) is 14.2. The first kappa shape index (κ1) is 58.5. The molecule has 0 saturated carbocycles. The fraction of sp³-hybridized carbons (Fsp3) is 0.519. The second kappa shape index (κ2) is 25.8. The number of aromatic hydroxyl groups is 1. The van der Waals surface area contributed by atoms with Crippen molar-refractivity contribution >= 4 is 41.4 Å². The second-order valence-corrected chi connectivity index (χ2v) is 19.8. The van der Waals surface area contributed by atoms with Crippen LogP contribution in [-0.2, 0) is 35.2 Å². The molecule has 0 bridgehead atoms. The number of ether oxygens (including phenoxy) is 1. The van der Waals surface area contributed by atoms with E-state index in [0.29, 0.717) is 13.0 Å². The Morgan fingerprint density at radius 2 is 1.26 bits per heavy atom. The molecular weight excluding hydrogens is 995 g/mol. The molecule has 0 spiro atoms. The van der Waals surface area contributed by atoms with Crippen molar-refractivity contribution in [2.45, 2.75) is 145 Å². The summed E-state index contributed by atoms with van der Waals surface area (Å²) >= 11 is 0. The zero-order chi connectivity index (χ0) is 55.7. The minimum Gasteiger partial charge on any atom is -0.508 e. The Morgan fingerprint density at radius 1 is 0.697 bits per heavy atom. The van der Waals surface area contributed by atoms with Gasteiger partial charge in [0, 0.05) is 37.4 Å². The molecule has 3 aromatic carbocycles. The van der Waals surface area contributed by atoms with E-state index in [2.05, 4.69) is 33.5 Å². The van der Waals surface area contributed by atoms with Crippen LogP contribution in [0.15, 0.2) is 72.8 Å². The zero-order valence-corrected chi connectivity index (χ0v) is 42.4. The van der Waals surface area contributed by atoms with Gasteiger partial charge in [0.2, 0.25) is 35.4 Å². The van der Waals surface area contributed by atoms with Gasteiger partial charge in [0.15, 0.2) is 6.23 Å². The summed E-state index contributed by atoms with van der Waals surface area (Å²) in [7, 11) is 0. The van der Waals surface area contributed by atoms with E-state index in [-0.39, 0.29) is 23.4 Å². The van der Waals surface area contributed by atoms with Crippen LogP contribution in [0.5, 0.6) is 11.5 Å². The molecule has 414 valence electrons. The molecule has 3 saturated heterocycles. The first-order chi connectivity index (χ1) is 36.0. The summed E-state index contributed by atoms with van der Waals surface area (Å²) in [4.78, 5) is 101. The standard InChI is InChI=1S/C52H69N7O17/c1-5-6-19-76-34-17-9-29(10-18-34)20-28-7-11-31(12-8-28)45(68)53-35-22-37(64)48(71)57-50(73)41-42(65)25(2)23-59(41)52(75)39(27(4)61)55-49(72)40(44(67)43(66)30-13-15-32(62)16-14-30)56-47(70)36-21-33(63)24-58(36)51(74)38(26(3)60)54-46(35)69/h7-18,25-27,33,35-44,48,60-67,71H,5-6,19-24H2,1-4H3,(H,53,68)(H,54,69)(H,55,72)(H,56,70)(H,57,73)/t25-,26+,27+,33+,35-,36-,37+,38-,39-,40-,41-,42-,43-,44-,48+/m0/s1. The maximum Gasteiger partial charge on any atom is 0.251 e. The molecule has 24 heteroatoms. The minimum atomic E-state index is -2.29. The Bertz CT molecular complexity index is 2520. The average molecular weight is 1060 g/mol. The Hall–Kier alpha value is -6.77. The molecule has 15 atom stereocenters. The van der Waals surface area contributed by atoms with E-state index in [9.17, 15) is 79.5 Å². The fourth-order valence-corrected chi connectivity index (χ4v) is 9.31. The maximum absolute atomic E-state index is 14.4. The van der Waals surface area contributed by atoms with Crippen molar-refractivity contribution in [3.8, 4) is 11.5 Å². The van der Waals surface area contributed by atoms with Crippen molar-refractivity contribution in [2.24, 2.45) is 5.92 Å². The predicted molar refractivity (Wildman–Crippen MR) is 267 cm³/mol. The van der Waals surface area contributed by atoms with E-state index < -0.39 is 152 Å². The van der Waals surface area contributed by atoms with E-state index in [1.165, 1.54) is 31.2 Å². The largest absolute Gasteiger partial charge is 0.508 e. The molecule has 0 aliphatic carbocycles. The molecule has 0 unspecified atom stereocenters.